The molecular weight excluding hydrogens is 198 g/mol. The van der Waals surface area contributed by atoms with Gasteiger partial charge in [-0.3, -0.25) is 4.90 Å². The molecule has 0 aromatic rings. The molecule has 0 amide bonds. The van der Waals surface area contributed by atoms with Crippen molar-refractivity contribution in [2.24, 2.45) is 5.73 Å². The lowest BCUT2D eigenvalue weighted by Crippen LogP contribution is -2.53. The topological polar surface area (TPSA) is 32.5 Å². The molecular formula is C13H29N3. The molecule has 16 heavy (non-hydrogen) atoms. The van der Waals surface area contributed by atoms with Crippen LogP contribution >= 0.6 is 0 Å². The van der Waals surface area contributed by atoms with E-state index in [2.05, 4.69) is 37.5 Å². The van der Waals surface area contributed by atoms with E-state index >= 15 is 0 Å². The van der Waals surface area contributed by atoms with Crippen molar-refractivity contribution < 1.29 is 0 Å². The highest BCUT2D eigenvalue weighted by Gasteiger charge is 2.25. The summed E-state index contributed by atoms with van der Waals surface area (Å²) < 4.78 is 0. The Hall–Kier alpha value is -0.120. The van der Waals surface area contributed by atoms with Crippen molar-refractivity contribution in [3.63, 3.8) is 0 Å². The third kappa shape index (κ3) is 4.40. The molecule has 1 unspecified atom stereocenters. The van der Waals surface area contributed by atoms with Gasteiger partial charge in [-0.05, 0) is 40.2 Å². The van der Waals surface area contributed by atoms with Crippen molar-refractivity contribution in [3.05, 3.63) is 0 Å². The Bertz CT molecular complexity index is 190. The molecule has 0 aromatic carbocycles. The molecule has 3 nitrogen and oxygen atoms in total. The summed E-state index contributed by atoms with van der Waals surface area (Å²) in [6.45, 7) is 15.0. The summed E-state index contributed by atoms with van der Waals surface area (Å²) in [7, 11) is 0. The van der Waals surface area contributed by atoms with Gasteiger partial charge in [-0.25, -0.2) is 0 Å². The summed E-state index contributed by atoms with van der Waals surface area (Å²) in [5, 5.41) is 0. The molecule has 0 radical (unpaired) electrons. The van der Waals surface area contributed by atoms with Crippen LogP contribution in [0.3, 0.4) is 0 Å². The summed E-state index contributed by atoms with van der Waals surface area (Å²) in [6.07, 6.45) is 2.24. The van der Waals surface area contributed by atoms with Crippen LogP contribution in [-0.2, 0) is 0 Å². The Labute approximate surface area is 101 Å². The number of piperazine rings is 1. The Kier molecular flexibility index (Phi) is 5.22. The predicted molar refractivity (Wildman–Crippen MR) is 70.6 cm³/mol. The summed E-state index contributed by atoms with van der Waals surface area (Å²) in [4.78, 5) is 5.13. The van der Waals surface area contributed by atoms with Crippen LogP contribution in [0.15, 0.2) is 0 Å². The minimum absolute atomic E-state index is 0.325. The maximum Gasteiger partial charge on any atom is 0.0126 e. The minimum Gasteiger partial charge on any atom is -0.328 e. The third-order valence-electron chi connectivity index (χ3n) is 3.66. The van der Waals surface area contributed by atoms with Gasteiger partial charge in [0.15, 0.2) is 0 Å². The molecule has 0 saturated carbocycles. The first-order valence-corrected chi connectivity index (χ1v) is 6.66. The lowest BCUT2D eigenvalue weighted by atomic mass is 10.0. The van der Waals surface area contributed by atoms with Gasteiger partial charge in [-0.2, -0.15) is 0 Å². The van der Waals surface area contributed by atoms with Crippen molar-refractivity contribution >= 4 is 0 Å². The number of nitrogens with zero attached hydrogens (tertiary/aromatic N) is 2. The van der Waals surface area contributed by atoms with E-state index in [1.807, 2.05) is 0 Å². The number of nitrogens with two attached hydrogens (primary N) is 1. The van der Waals surface area contributed by atoms with E-state index in [1.54, 1.807) is 0 Å². The van der Waals surface area contributed by atoms with Crippen LogP contribution in [0.4, 0.5) is 0 Å². The highest BCUT2D eigenvalue weighted by Crippen LogP contribution is 2.15. The van der Waals surface area contributed by atoms with E-state index in [-0.39, 0.29) is 0 Å². The maximum atomic E-state index is 5.95. The number of rotatable bonds is 4. The first kappa shape index (κ1) is 13.9. The van der Waals surface area contributed by atoms with Crippen LogP contribution in [0.2, 0.25) is 0 Å². The monoisotopic (exact) mass is 227 g/mol. The normalized spacial score (nSPS) is 22.3. The van der Waals surface area contributed by atoms with Crippen LogP contribution in [0, 0.1) is 0 Å². The van der Waals surface area contributed by atoms with Crippen molar-refractivity contribution in [3.8, 4) is 0 Å². The van der Waals surface area contributed by atoms with Crippen LogP contribution in [0.1, 0.15) is 40.5 Å². The average molecular weight is 227 g/mol. The molecule has 1 rings (SSSR count). The van der Waals surface area contributed by atoms with Gasteiger partial charge in [0, 0.05) is 37.8 Å². The largest absolute Gasteiger partial charge is 0.328 e. The van der Waals surface area contributed by atoms with Crippen LogP contribution in [-0.4, -0.2) is 54.1 Å². The van der Waals surface area contributed by atoms with E-state index in [9.17, 15) is 0 Å². The fraction of sp³-hybridized carbons (Fsp3) is 1.00. The Balaban J connectivity index is 2.22. The molecule has 1 fully saturated rings. The van der Waals surface area contributed by atoms with Gasteiger partial charge >= 0.3 is 0 Å². The third-order valence-corrected chi connectivity index (χ3v) is 3.66. The zero-order valence-electron chi connectivity index (χ0n) is 11.5. The van der Waals surface area contributed by atoms with Gasteiger partial charge in [-0.1, -0.05) is 6.92 Å². The highest BCUT2D eigenvalue weighted by molar-refractivity contribution is 4.82. The molecule has 1 aliphatic rings. The number of hydrogen-bond acceptors (Lipinski definition) is 3. The van der Waals surface area contributed by atoms with E-state index in [0.29, 0.717) is 11.6 Å². The molecule has 0 aromatic heterocycles. The van der Waals surface area contributed by atoms with Crippen LogP contribution < -0.4 is 5.73 Å². The predicted octanol–water partition coefficient (Wildman–Crippen LogP) is 1.53. The molecule has 0 spiro atoms. The average Bonchev–Trinajstić information content (AvgIpc) is 2.25. The van der Waals surface area contributed by atoms with E-state index in [4.69, 9.17) is 5.73 Å². The molecule has 2 N–H and O–H groups in total. The zero-order chi connectivity index (χ0) is 12.2. The molecule has 0 aliphatic carbocycles. The van der Waals surface area contributed by atoms with Crippen molar-refractivity contribution in [1.29, 1.82) is 0 Å². The van der Waals surface area contributed by atoms with Gasteiger partial charge in [0.2, 0.25) is 0 Å². The Morgan fingerprint density at radius 2 is 1.69 bits per heavy atom. The van der Waals surface area contributed by atoms with Crippen molar-refractivity contribution in [2.45, 2.75) is 52.1 Å². The second-order valence-electron chi connectivity index (χ2n) is 5.96. The van der Waals surface area contributed by atoms with Gasteiger partial charge in [0.1, 0.15) is 0 Å². The fourth-order valence-electron chi connectivity index (χ4n) is 2.19. The second-order valence-corrected chi connectivity index (χ2v) is 5.96. The molecule has 3 heteroatoms. The summed E-state index contributed by atoms with van der Waals surface area (Å²) >= 11 is 0. The quantitative estimate of drug-likeness (QED) is 0.790. The molecule has 1 atom stereocenters. The molecule has 1 saturated heterocycles. The van der Waals surface area contributed by atoms with Gasteiger partial charge in [-0.15, -0.1) is 0 Å². The standard InChI is InChI=1S/C13H29N3/c1-5-12(14)6-7-15-8-10-16(11-9-15)13(2,3)4/h12H,5-11,14H2,1-4H3. The molecule has 0 bridgehead atoms. The van der Waals surface area contributed by atoms with Gasteiger partial charge in [0.25, 0.3) is 0 Å². The van der Waals surface area contributed by atoms with E-state index in [1.165, 1.54) is 32.7 Å². The van der Waals surface area contributed by atoms with Crippen LogP contribution in [0.25, 0.3) is 0 Å². The van der Waals surface area contributed by atoms with Gasteiger partial charge in [0.05, 0.1) is 0 Å². The SMILES string of the molecule is CCC(N)CCN1CCN(C(C)(C)C)CC1. The molecule has 96 valence electrons. The lowest BCUT2D eigenvalue weighted by molar-refractivity contribution is 0.0611. The van der Waals surface area contributed by atoms with Crippen molar-refractivity contribution in [2.75, 3.05) is 32.7 Å². The van der Waals surface area contributed by atoms with Crippen molar-refractivity contribution in [1.82, 2.24) is 9.80 Å². The fourth-order valence-corrected chi connectivity index (χ4v) is 2.19. The smallest absolute Gasteiger partial charge is 0.0126 e. The highest BCUT2D eigenvalue weighted by atomic mass is 15.3. The summed E-state index contributed by atoms with van der Waals surface area (Å²) in [5.74, 6) is 0. The molecule has 1 heterocycles. The summed E-state index contributed by atoms with van der Waals surface area (Å²) in [6, 6.07) is 0.389. The lowest BCUT2D eigenvalue weighted by Gasteiger charge is -2.42. The minimum atomic E-state index is 0.325. The maximum absolute atomic E-state index is 5.95. The first-order valence-electron chi connectivity index (χ1n) is 6.66. The van der Waals surface area contributed by atoms with E-state index < -0.39 is 0 Å². The van der Waals surface area contributed by atoms with Gasteiger partial charge < -0.3 is 10.6 Å². The molecule has 1 aliphatic heterocycles. The Morgan fingerprint density at radius 1 is 1.12 bits per heavy atom. The first-order chi connectivity index (χ1) is 7.43. The number of hydrogen-bond donors (Lipinski definition) is 1. The Morgan fingerprint density at radius 3 is 2.12 bits per heavy atom. The van der Waals surface area contributed by atoms with Crippen LogP contribution in [0.5, 0.6) is 0 Å². The second kappa shape index (κ2) is 5.99. The van der Waals surface area contributed by atoms with E-state index in [0.717, 1.165) is 12.8 Å². The zero-order valence-corrected chi connectivity index (χ0v) is 11.5. The summed E-state index contributed by atoms with van der Waals surface area (Å²) in [5.41, 5.74) is 6.27.